The molecule has 18 heavy (non-hydrogen) atoms. The third kappa shape index (κ3) is 5.65. The summed E-state index contributed by atoms with van der Waals surface area (Å²) < 4.78 is 0. The van der Waals surface area contributed by atoms with Gasteiger partial charge >= 0.3 is 0 Å². The molecule has 0 bridgehead atoms. The smallest absolute Gasteiger partial charge is 0.137 e. The molecule has 3 heteroatoms. The molecule has 100 valence electrons. The van der Waals surface area contributed by atoms with E-state index in [0.29, 0.717) is 36.2 Å². The van der Waals surface area contributed by atoms with E-state index in [1.807, 2.05) is 24.3 Å². The Labute approximate surface area is 115 Å². The highest BCUT2D eigenvalue weighted by atomic mass is 35.5. The third-order valence-electron chi connectivity index (χ3n) is 2.97. The summed E-state index contributed by atoms with van der Waals surface area (Å²) in [7, 11) is 0. The summed E-state index contributed by atoms with van der Waals surface area (Å²) in [6.45, 7) is 4.91. The van der Waals surface area contributed by atoms with E-state index in [1.165, 1.54) is 0 Å². The molecule has 0 fully saturated rings. The first kappa shape index (κ1) is 15.2. The molecular weight excluding hydrogens is 246 g/mol. The molecule has 1 aromatic rings. The predicted molar refractivity (Wildman–Crippen MR) is 76.8 cm³/mol. The Balaban J connectivity index is 2.47. The molecule has 0 aliphatic heterocycles. The lowest BCUT2D eigenvalue weighted by molar-refractivity contribution is -0.119. The van der Waals surface area contributed by atoms with Crippen LogP contribution in [0.4, 0.5) is 0 Å². The lowest BCUT2D eigenvalue weighted by atomic mass is 9.91. The number of hydrogen-bond donors (Lipinski definition) is 1. The summed E-state index contributed by atoms with van der Waals surface area (Å²) >= 11 is 5.81. The minimum atomic E-state index is 0.258. The zero-order chi connectivity index (χ0) is 13.5. The Morgan fingerprint density at radius 2 is 1.89 bits per heavy atom. The van der Waals surface area contributed by atoms with Crippen LogP contribution >= 0.6 is 11.6 Å². The summed E-state index contributed by atoms with van der Waals surface area (Å²) in [4.78, 5) is 12.0. The second-order valence-electron chi connectivity index (χ2n) is 5.28. The molecule has 0 saturated carbocycles. The lowest BCUT2D eigenvalue weighted by Gasteiger charge is -2.16. The molecule has 0 aliphatic rings. The van der Waals surface area contributed by atoms with Gasteiger partial charge in [0.15, 0.2) is 0 Å². The van der Waals surface area contributed by atoms with Crippen molar-refractivity contribution in [1.82, 2.24) is 0 Å². The van der Waals surface area contributed by atoms with E-state index in [0.717, 1.165) is 12.0 Å². The number of hydrogen-bond acceptors (Lipinski definition) is 2. The minimum absolute atomic E-state index is 0.258. The largest absolute Gasteiger partial charge is 0.330 e. The van der Waals surface area contributed by atoms with Crippen molar-refractivity contribution in [3.8, 4) is 0 Å². The summed E-state index contributed by atoms with van der Waals surface area (Å²) in [6.07, 6.45) is 2.08. The average molecular weight is 268 g/mol. The monoisotopic (exact) mass is 267 g/mol. The Hall–Kier alpha value is -0.860. The standard InChI is InChI=1S/C15H22ClNO/c1-11(2)7-13(10-17)9-15(18)8-12-3-5-14(16)6-4-12/h3-6,11,13H,7-10,17H2,1-2H3. The Kier molecular flexibility index (Phi) is 6.37. The van der Waals surface area contributed by atoms with Gasteiger partial charge in [0, 0.05) is 17.9 Å². The molecule has 0 amide bonds. The molecular formula is C15H22ClNO. The molecule has 0 saturated heterocycles. The molecule has 0 aliphatic carbocycles. The van der Waals surface area contributed by atoms with Crippen LogP contribution in [0.2, 0.25) is 5.02 Å². The van der Waals surface area contributed by atoms with E-state index in [-0.39, 0.29) is 5.78 Å². The van der Waals surface area contributed by atoms with E-state index >= 15 is 0 Å². The van der Waals surface area contributed by atoms with Gasteiger partial charge in [0.1, 0.15) is 5.78 Å². The van der Waals surface area contributed by atoms with Crippen molar-refractivity contribution in [3.05, 3.63) is 34.9 Å². The highest BCUT2D eigenvalue weighted by molar-refractivity contribution is 6.30. The van der Waals surface area contributed by atoms with Gasteiger partial charge in [-0.1, -0.05) is 37.6 Å². The summed E-state index contributed by atoms with van der Waals surface area (Å²) in [6, 6.07) is 7.44. The van der Waals surface area contributed by atoms with Gasteiger partial charge in [-0.25, -0.2) is 0 Å². The maximum atomic E-state index is 12.0. The van der Waals surface area contributed by atoms with Crippen LogP contribution < -0.4 is 5.73 Å². The van der Waals surface area contributed by atoms with Crippen LogP contribution in [0, 0.1) is 11.8 Å². The minimum Gasteiger partial charge on any atom is -0.330 e. The van der Waals surface area contributed by atoms with Crippen LogP contribution in [0.1, 0.15) is 32.3 Å². The molecule has 2 N–H and O–H groups in total. The Morgan fingerprint density at radius 1 is 1.28 bits per heavy atom. The van der Waals surface area contributed by atoms with Crippen molar-refractivity contribution in [3.63, 3.8) is 0 Å². The van der Waals surface area contributed by atoms with Crippen LogP contribution in [0.25, 0.3) is 0 Å². The zero-order valence-electron chi connectivity index (χ0n) is 11.2. The molecule has 1 unspecified atom stereocenters. The van der Waals surface area contributed by atoms with Gasteiger partial charge in [0.2, 0.25) is 0 Å². The molecule has 2 nitrogen and oxygen atoms in total. The van der Waals surface area contributed by atoms with Gasteiger partial charge in [-0.05, 0) is 42.5 Å². The number of halogens is 1. The van der Waals surface area contributed by atoms with E-state index in [9.17, 15) is 4.79 Å². The SMILES string of the molecule is CC(C)CC(CN)CC(=O)Cc1ccc(Cl)cc1. The number of carbonyl (C=O) groups excluding carboxylic acids is 1. The average Bonchev–Trinajstić information content (AvgIpc) is 2.30. The zero-order valence-corrected chi connectivity index (χ0v) is 11.9. The molecule has 1 aromatic carbocycles. The van der Waals surface area contributed by atoms with E-state index in [1.54, 1.807) is 0 Å². The van der Waals surface area contributed by atoms with E-state index in [2.05, 4.69) is 13.8 Å². The second kappa shape index (κ2) is 7.55. The summed E-state index contributed by atoms with van der Waals surface area (Å²) in [5, 5.41) is 0.700. The highest BCUT2D eigenvalue weighted by Crippen LogP contribution is 2.16. The number of carbonyl (C=O) groups is 1. The van der Waals surface area contributed by atoms with Crippen molar-refractivity contribution < 1.29 is 4.79 Å². The molecule has 1 rings (SSSR count). The van der Waals surface area contributed by atoms with Crippen LogP contribution in [0.3, 0.4) is 0 Å². The van der Waals surface area contributed by atoms with Crippen molar-refractivity contribution in [2.75, 3.05) is 6.54 Å². The topological polar surface area (TPSA) is 43.1 Å². The fourth-order valence-electron chi connectivity index (χ4n) is 2.15. The summed E-state index contributed by atoms with van der Waals surface area (Å²) in [5.41, 5.74) is 6.73. The molecule has 0 radical (unpaired) electrons. The van der Waals surface area contributed by atoms with Crippen molar-refractivity contribution in [1.29, 1.82) is 0 Å². The summed E-state index contributed by atoms with van der Waals surface area (Å²) in [5.74, 6) is 1.15. The lowest BCUT2D eigenvalue weighted by Crippen LogP contribution is -2.20. The second-order valence-corrected chi connectivity index (χ2v) is 5.71. The normalized spacial score (nSPS) is 12.7. The fraction of sp³-hybridized carbons (Fsp3) is 0.533. The van der Waals surface area contributed by atoms with Gasteiger partial charge < -0.3 is 5.73 Å². The van der Waals surface area contributed by atoms with E-state index in [4.69, 9.17) is 17.3 Å². The highest BCUT2D eigenvalue weighted by Gasteiger charge is 2.14. The first-order valence-electron chi connectivity index (χ1n) is 6.47. The fourth-order valence-corrected chi connectivity index (χ4v) is 2.28. The molecule has 0 aromatic heterocycles. The van der Waals surface area contributed by atoms with Crippen LogP contribution in [0.15, 0.2) is 24.3 Å². The quantitative estimate of drug-likeness (QED) is 0.822. The number of rotatable bonds is 7. The number of ketones is 1. The van der Waals surface area contributed by atoms with Crippen LogP contribution in [-0.2, 0) is 11.2 Å². The van der Waals surface area contributed by atoms with Crippen LogP contribution in [-0.4, -0.2) is 12.3 Å². The Morgan fingerprint density at radius 3 is 2.39 bits per heavy atom. The maximum absolute atomic E-state index is 12.0. The number of benzene rings is 1. The van der Waals surface area contributed by atoms with E-state index < -0.39 is 0 Å². The Bertz CT molecular complexity index is 373. The molecule has 0 spiro atoms. The molecule has 0 heterocycles. The first-order valence-corrected chi connectivity index (χ1v) is 6.85. The predicted octanol–water partition coefficient (Wildman–Crippen LogP) is 3.46. The van der Waals surface area contributed by atoms with Crippen molar-refractivity contribution >= 4 is 17.4 Å². The molecule has 1 atom stereocenters. The number of Topliss-reactive ketones (excluding diaryl/α,β-unsaturated/α-hetero) is 1. The van der Waals surface area contributed by atoms with Crippen LogP contribution in [0.5, 0.6) is 0 Å². The maximum Gasteiger partial charge on any atom is 0.137 e. The van der Waals surface area contributed by atoms with Crippen molar-refractivity contribution in [2.45, 2.75) is 33.1 Å². The van der Waals surface area contributed by atoms with Gasteiger partial charge in [0.05, 0.1) is 0 Å². The van der Waals surface area contributed by atoms with Crippen molar-refractivity contribution in [2.24, 2.45) is 17.6 Å². The number of nitrogens with two attached hydrogens (primary N) is 1. The van der Waals surface area contributed by atoms with Gasteiger partial charge in [-0.3, -0.25) is 4.79 Å². The first-order chi connectivity index (χ1) is 8.51. The third-order valence-corrected chi connectivity index (χ3v) is 3.22. The van der Waals surface area contributed by atoms with Gasteiger partial charge in [-0.15, -0.1) is 0 Å². The van der Waals surface area contributed by atoms with Gasteiger partial charge in [-0.2, -0.15) is 0 Å². The van der Waals surface area contributed by atoms with Gasteiger partial charge in [0.25, 0.3) is 0 Å².